The van der Waals surface area contributed by atoms with Crippen LogP contribution in [0.2, 0.25) is 0 Å². The van der Waals surface area contributed by atoms with Crippen molar-refractivity contribution in [2.45, 2.75) is 12.5 Å². The van der Waals surface area contributed by atoms with Crippen molar-refractivity contribution < 1.29 is 19.5 Å². The summed E-state index contributed by atoms with van der Waals surface area (Å²) in [5.74, 6) is -1.48. The summed E-state index contributed by atoms with van der Waals surface area (Å²) >= 11 is 0. The van der Waals surface area contributed by atoms with Crippen LogP contribution in [0.25, 0.3) is 22.2 Å². The van der Waals surface area contributed by atoms with Gasteiger partial charge in [0.2, 0.25) is 0 Å². The number of hydrogen-bond donors (Lipinski definition) is 2. The maximum Gasteiger partial charge on any atom is 0.305 e. The molecule has 1 amide bonds. The van der Waals surface area contributed by atoms with Crippen molar-refractivity contribution in [3.63, 3.8) is 0 Å². The topological polar surface area (TPSA) is 101 Å². The van der Waals surface area contributed by atoms with Crippen LogP contribution < -0.4 is 5.32 Å². The van der Waals surface area contributed by atoms with Gasteiger partial charge in [0.1, 0.15) is 0 Å². The molecule has 7 heteroatoms. The van der Waals surface area contributed by atoms with Crippen LogP contribution in [-0.2, 0) is 4.79 Å². The number of nitrogens with one attached hydrogen (secondary N) is 1. The Labute approximate surface area is 212 Å². The predicted octanol–water partition coefficient (Wildman–Crippen LogP) is 5.56. The van der Waals surface area contributed by atoms with E-state index in [0.29, 0.717) is 33.4 Å². The molecule has 180 valence electrons. The molecule has 5 aromatic rings. The number of aromatic nitrogens is 2. The Morgan fingerprint density at radius 1 is 0.865 bits per heavy atom. The molecule has 0 aliphatic heterocycles. The Kier molecular flexibility index (Phi) is 5.38. The Hall–Kier alpha value is -5.04. The highest BCUT2D eigenvalue weighted by Gasteiger charge is 2.30. The minimum atomic E-state index is -0.927. The molecule has 0 radical (unpaired) electrons. The van der Waals surface area contributed by atoms with Gasteiger partial charge in [-0.05, 0) is 41.0 Å². The summed E-state index contributed by atoms with van der Waals surface area (Å²) < 4.78 is 1.81. The fourth-order valence-corrected chi connectivity index (χ4v) is 5.03. The van der Waals surface area contributed by atoms with E-state index in [4.69, 9.17) is 0 Å². The van der Waals surface area contributed by atoms with E-state index in [1.807, 2.05) is 59.2 Å². The SMILES string of the molecule is O=C(O)CC(c1ccccc1)n1cnc2ccc(NC(=O)c3cccc4c3C(=O)c3ccccc3-4)cc21. The summed E-state index contributed by atoms with van der Waals surface area (Å²) in [6, 6.07) is 26.8. The quantitative estimate of drug-likeness (QED) is 0.320. The minimum absolute atomic E-state index is 0.120. The molecule has 0 fully saturated rings. The molecule has 0 bridgehead atoms. The Morgan fingerprint density at radius 3 is 2.38 bits per heavy atom. The monoisotopic (exact) mass is 487 g/mol. The zero-order valence-corrected chi connectivity index (χ0v) is 19.6. The van der Waals surface area contributed by atoms with Gasteiger partial charge in [-0.1, -0.05) is 66.7 Å². The second-order valence-corrected chi connectivity index (χ2v) is 8.94. The highest BCUT2D eigenvalue weighted by atomic mass is 16.4. The van der Waals surface area contributed by atoms with Crippen molar-refractivity contribution >= 4 is 34.4 Å². The van der Waals surface area contributed by atoms with E-state index in [9.17, 15) is 19.5 Å². The molecule has 0 saturated heterocycles. The van der Waals surface area contributed by atoms with Crippen LogP contribution >= 0.6 is 0 Å². The zero-order chi connectivity index (χ0) is 25.5. The fourth-order valence-electron chi connectivity index (χ4n) is 5.03. The van der Waals surface area contributed by atoms with Gasteiger partial charge in [-0.25, -0.2) is 4.98 Å². The molecule has 2 N–H and O–H groups in total. The van der Waals surface area contributed by atoms with Crippen molar-refractivity contribution in [2.24, 2.45) is 0 Å². The summed E-state index contributed by atoms with van der Waals surface area (Å²) in [5, 5.41) is 12.5. The molecule has 7 nitrogen and oxygen atoms in total. The average molecular weight is 488 g/mol. The van der Waals surface area contributed by atoms with Gasteiger partial charge < -0.3 is 15.0 Å². The standard InChI is InChI=1S/C30H21N3O4/c34-27(35)16-25(18-7-2-1-3-8-18)33-17-31-24-14-13-19(15-26(24)33)32-30(37)23-12-6-11-21-20-9-4-5-10-22(20)29(36)28(21)23/h1-15,17,25H,16H2,(H,32,37)(H,34,35). The van der Waals surface area contributed by atoms with Crippen LogP contribution in [0.1, 0.15) is 44.3 Å². The first kappa shape index (κ1) is 22.4. The highest BCUT2D eigenvalue weighted by Crippen LogP contribution is 2.38. The molecule has 4 aromatic carbocycles. The van der Waals surface area contributed by atoms with Gasteiger partial charge in [0.15, 0.2) is 5.78 Å². The van der Waals surface area contributed by atoms with Gasteiger partial charge in [-0.15, -0.1) is 0 Å². The summed E-state index contributed by atoms with van der Waals surface area (Å²) in [5.41, 5.74) is 5.60. The third-order valence-electron chi connectivity index (χ3n) is 6.72. The number of benzene rings is 4. The number of amides is 1. The van der Waals surface area contributed by atoms with Crippen molar-refractivity contribution in [3.05, 3.63) is 120 Å². The summed E-state index contributed by atoms with van der Waals surface area (Å²) in [7, 11) is 0. The van der Waals surface area contributed by atoms with Crippen molar-refractivity contribution in [3.8, 4) is 11.1 Å². The number of carbonyl (C=O) groups is 3. The van der Waals surface area contributed by atoms with Gasteiger partial charge >= 0.3 is 5.97 Å². The summed E-state index contributed by atoms with van der Waals surface area (Å²) in [6.45, 7) is 0. The zero-order valence-electron chi connectivity index (χ0n) is 19.6. The first-order valence-electron chi connectivity index (χ1n) is 11.8. The van der Waals surface area contributed by atoms with Crippen LogP contribution in [0.4, 0.5) is 5.69 Å². The Balaban J connectivity index is 1.36. The second-order valence-electron chi connectivity index (χ2n) is 8.94. The van der Waals surface area contributed by atoms with E-state index in [-0.39, 0.29) is 12.2 Å². The molecule has 1 aliphatic rings. The Morgan fingerprint density at radius 2 is 1.59 bits per heavy atom. The van der Waals surface area contributed by atoms with Crippen LogP contribution in [0.3, 0.4) is 0 Å². The lowest BCUT2D eigenvalue weighted by molar-refractivity contribution is -0.137. The first-order chi connectivity index (χ1) is 18.0. The fraction of sp³-hybridized carbons (Fsp3) is 0.0667. The molecule has 6 rings (SSSR count). The number of aliphatic carboxylic acids is 1. The lowest BCUT2D eigenvalue weighted by Crippen LogP contribution is -2.16. The van der Waals surface area contributed by atoms with Crippen molar-refractivity contribution in [1.29, 1.82) is 0 Å². The third-order valence-corrected chi connectivity index (χ3v) is 6.72. The van der Waals surface area contributed by atoms with Crippen LogP contribution in [-0.4, -0.2) is 32.3 Å². The van der Waals surface area contributed by atoms with Gasteiger partial charge in [-0.2, -0.15) is 0 Å². The molecule has 0 spiro atoms. The number of nitrogens with zero attached hydrogens (tertiary/aromatic N) is 2. The first-order valence-corrected chi connectivity index (χ1v) is 11.8. The van der Waals surface area contributed by atoms with E-state index in [1.54, 1.807) is 42.7 Å². The van der Waals surface area contributed by atoms with Gasteiger partial charge in [0.05, 0.1) is 35.4 Å². The van der Waals surface area contributed by atoms with Crippen LogP contribution in [0.15, 0.2) is 97.3 Å². The maximum atomic E-state index is 13.4. The van der Waals surface area contributed by atoms with Gasteiger partial charge in [-0.3, -0.25) is 14.4 Å². The van der Waals surface area contributed by atoms with Gasteiger partial charge in [0.25, 0.3) is 5.91 Å². The van der Waals surface area contributed by atoms with E-state index in [1.165, 1.54) is 0 Å². The summed E-state index contributed by atoms with van der Waals surface area (Å²) in [4.78, 5) is 42.6. The molecule has 0 saturated carbocycles. The number of carboxylic acid groups (broad SMARTS) is 1. The van der Waals surface area contributed by atoms with Crippen LogP contribution in [0.5, 0.6) is 0 Å². The van der Waals surface area contributed by atoms with E-state index >= 15 is 0 Å². The van der Waals surface area contributed by atoms with E-state index in [2.05, 4.69) is 10.3 Å². The number of carboxylic acids is 1. The molecule has 1 aliphatic carbocycles. The number of anilines is 1. The Bertz CT molecular complexity index is 1710. The number of fused-ring (bicyclic) bond motifs is 4. The normalized spacial score (nSPS) is 12.7. The number of rotatable bonds is 6. The molecular weight excluding hydrogens is 466 g/mol. The maximum absolute atomic E-state index is 13.4. The van der Waals surface area contributed by atoms with Crippen molar-refractivity contribution in [1.82, 2.24) is 9.55 Å². The van der Waals surface area contributed by atoms with Crippen LogP contribution in [0, 0.1) is 0 Å². The molecule has 1 atom stereocenters. The third kappa shape index (κ3) is 3.87. The molecule has 1 aromatic heterocycles. The number of imidazole rings is 1. The highest BCUT2D eigenvalue weighted by molar-refractivity contribution is 6.26. The summed E-state index contributed by atoms with van der Waals surface area (Å²) in [6.07, 6.45) is 1.50. The molecule has 1 unspecified atom stereocenters. The minimum Gasteiger partial charge on any atom is -0.481 e. The smallest absolute Gasteiger partial charge is 0.305 e. The average Bonchev–Trinajstić information content (AvgIpc) is 3.46. The van der Waals surface area contributed by atoms with E-state index in [0.717, 1.165) is 16.7 Å². The number of hydrogen-bond acceptors (Lipinski definition) is 4. The van der Waals surface area contributed by atoms with Crippen molar-refractivity contribution in [2.75, 3.05) is 5.32 Å². The molecular formula is C30H21N3O4. The molecule has 37 heavy (non-hydrogen) atoms. The van der Waals surface area contributed by atoms with E-state index < -0.39 is 17.9 Å². The number of carbonyl (C=O) groups excluding carboxylic acids is 2. The number of ketones is 1. The second kappa shape index (κ2) is 8.87. The van der Waals surface area contributed by atoms with Gasteiger partial charge in [0, 0.05) is 16.8 Å². The molecule has 1 heterocycles. The lowest BCUT2D eigenvalue weighted by Gasteiger charge is -2.18. The lowest BCUT2D eigenvalue weighted by atomic mass is 10.00. The largest absolute Gasteiger partial charge is 0.481 e. The predicted molar refractivity (Wildman–Crippen MR) is 140 cm³/mol.